The van der Waals surface area contributed by atoms with Gasteiger partial charge in [-0.15, -0.1) is 0 Å². The van der Waals surface area contributed by atoms with Gasteiger partial charge in [-0.25, -0.2) is 0 Å². The van der Waals surface area contributed by atoms with E-state index in [2.05, 4.69) is 0 Å². The number of carbonyl (C=O) groups is 2. The Hall–Kier alpha value is -2.18. The molecule has 1 heterocycles. The van der Waals surface area contributed by atoms with Crippen molar-refractivity contribution in [3.8, 4) is 0 Å². The number of β-lactam (4-membered cyclic amide) rings is 1. The van der Waals surface area contributed by atoms with E-state index in [1.54, 1.807) is 17.0 Å². The average Bonchev–Trinajstić information content (AvgIpc) is 2.75. The highest BCUT2D eigenvalue weighted by Gasteiger charge is 2.50. The minimum atomic E-state index is -1.39. The molecule has 2 aromatic carbocycles. The van der Waals surface area contributed by atoms with Gasteiger partial charge in [-0.3, -0.25) is 13.8 Å². The van der Waals surface area contributed by atoms with Crippen molar-refractivity contribution in [2.24, 2.45) is 11.7 Å². The maximum absolute atomic E-state index is 13.0. The van der Waals surface area contributed by atoms with Crippen molar-refractivity contribution in [3.05, 3.63) is 65.2 Å². The summed E-state index contributed by atoms with van der Waals surface area (Å²) >= 11 is 5.91. The van der Waals surface area contributed by atoms with Gasteiger partial charge in [-0.1, -0.05) is 54.8 Å². The third-order valence-electron chi connectivity index (χ3n) is 5.40. The van der Waals surface area contributed by atoms with E-state index < -0.39 is 28.0 Å². The van der Waals surface area contributed by atoms with Gasteiger partial charge >= 0.3 is 0 Å². The van der Waals surface area contributed by atoms with Crippen LogP contribution in [0.3, 0.4) is 0 Å². The van der Waals surface area contributed by atoms with E-state index in [1.165, 1.54) is 5.56 Å². The lowest BCUT2D eigenvalue weighted by atomic mass is 9.93. The summed E-state index contributed by atoms with van der Waals surface area (Å²) < 4.78 is 13.0. The number of unbranched alkanes of at least 4 members (excludes halogenated alkanes) is 3. The Bertz CT molecular complexity index is 889. The number of rotatable bonds is 11. The van der Waals surface area contributed by atoms with Crippen LogP contribution in [0.1, 0.15) is 37.7 Å². The zero-order valence-electron chi connectivity index (χ0n) is 16.8. The molecule has 0 bridgehead atoms. The topological polar surface area (TPSA) is 80.5 Å². The molecule has 2 N–H and O–H groups in total. The van der Waals surface area contributed by atoms with E-state index in [4.69, 9.17) is 17.3 Å². The second-order valence-corrected chi connectivity index (χ2v) is 9.59. The lowest BCUT2D eigenvalue weighted by molar-refractivity contribution is -0.152. The Labute approximate surface area is 185 Å². The molecule has 7 heteroatoms. The van der Waals surface area contributed by atoms with Crippen LogP contribution < -0.4 is 5.73 Å². The van der Waals surface area contributed by atoms with Crippen LogP contribution in [0.5, 0.6) is 0 Å². The van der Waals surface area contributed by atoms with Gasteiger partial charge in [-0.2, -0.15) is 0 Å². The lowest BCUT2D eigenvalue weighted by Gasteiger charge is -2.46. The number of carbonyl (C=O) groups excluding carboxylic acids is 2. The van der Waals surface area contributed by atoms with Crippen LogP contribution in [0.2, 0.25) is 5.02 Å². The molecule has 1 fully saturated rings. The van der Waals surface area contributed by atoms with Crippen molar-refractivity contribution < 1.29 is 13.8 Å². The summed E-state index contributed by atoms with van der Waals surface area (Å²) in [6.45, 7) is 0.554. The Morgan fingerprint density at radius 2 is 1.67 bits per heavy atom. The highest BCUT2D eigenvalue weighted by Crippen LogP contribution is 2.34. The summed E-state index contributed by atoms with van der Waals surface area (Å²) in [5, 5.41) is 0.261. The number of aryl methyl sites for hydroxylation is 1. The van der Waals surface area contributed by atoms with Crippen molar-refractivity contribution in [1.82, 2.24) is 4.90 Å². The van der Waals surface area contributed by atoms with Gasteiger partial charge in [0.15, 0.2) is 0 Å². The van der Waals surface area contributed by atoms with Crippen LogP contribution in [0.25, 0.3) is 0 Å². The molecule has 2 amide bonds. The summed E-state index contributed by atoms with van der Waals surface area (Å²) in [5.74, 6) is -1.25. The molecule has 2 aromatic rings. The summed E-state index contributed by atoms with van der Waals surface area (Å²) in [4.78, 5) is 26.2. The minimum Gasteiger partial charge on any atom is -0.370 e. The van der Waals surface area contributed by atoms with Gasteiger partial charge < -0.3 is 10.6 Å². The SMILES string of the molecule is NC(=O)C[C@@H]1C(=O)N(CCCCCCc2ccc(Cl)cc2)[C@H]1[S@](=O)c1ccccc1. The normalized spacial score (nSPS) is 19.4. The van der Waals surface area contributed by atoms with Gasteiger partial charge in [-0.05, 0) is 49.1 Å². The van der Waals surface area contributed by atoms with Crippen molar-refractivity contribution in [2.75, 3.05) is 6.54 Å². The Morgan fingerprint density at radius 1 is 1.00 bits per heavy atom. The fourth-order valence-electron chi connectivity index (χ4n) is 3.81. The smallest absolute Gasteiger partial charge is 0.230 e. The standard InChI is InChI=1S/C23H27ClN2O3S/c24-18-13-11-17(12-14-18)8-4-1-2-7-15-26-22(28)20(16-21(25)27)23(26)30(29)19-9-5-3-6-10-19/h3,5-6,9-14,20,23H,1-2,4,7-8,15-16H2,(H2,25,27)/t20-,23+,30-/m1/s1. The number of benzene rings is 2. The second kappa shape index (κ2) is 10.7. The van der Waals surface area contributed by atoms with Crippen LogP contribution in [-0.2, 0) is 26.8 Å². The molecule has 0 spiro atoms. The van der Waals surface area contributed by atoms with Crippen LogP contribution in [0.15, 0.2) is 59.5 Å². The molecule has 0 saturated carbocycles. The number of halogens is 1. The molecule has 0 aliphatic carbocycles. The predicted molar refractivity (Wildman–Crippen MR) is 119 cm³/mol. The Morgan fingerprint density at radius 3 is 2.33 bits per heavy atom. The first-order valence-electron chi connectivity index (χ1n) is 10.3. The summed E-state index contributed by atoms with van der Waals surface area (Å²) in [6, 6.07) is 17.0. The molecule has 3 atom stereocenters. The molecule has 0 radical (unpaired) electrons. The fraction of sp³-hybridized carbons (Fsp3) is 0.391. The fourth-order valence-corrected chi connectivity index (χ4v) is 5.59. The summed E-state index contributed by atoms with van der Waals surface area (Å²) in [5.41, 5.74) is 6.58. The van der Waals surface area contributed by atoms with Gasteiger partial charge in [0.25, 0.3) is 0 Å². The number of amides is 2. The molecule has 3 rings (SSSR count). The van der Waals surface area contributed by atoms with Gasteiger partial charge in [0, 0.05) is 22.9 Å². The van der Waals surface area contributed by atoms with E-state index in [0.717, 1.165) is 37.1 Å². The minimum absolute atomic E-state index is 0.0559. The number of nitrogens with two attached hydrogens (primary N) is 1. The zero-order valence-corrected chi connectivity index (χ0v) is 18.4. The number of likely N-dealkylation sites (tertiary alicyclic amines) is 1. The maximum Gasteiger partial charge on any atom is 0.230 e. The van der Waals surface area contributed by atoms with Crippen LogP contribution in [0, 0.1) is 5.92 Å². The number of hydrogen-bond donors (Lipinski definition) is 1. The molecule has 30 heavy (non-hydrogen) atoms. The molecular weight excluding hydrogens is 420 g/mol. The monoisotopic (exact) mass is 446 g/mol. The molecule has 1 aliphatic rings. The van der Waals surface area contributed by atoms with Crippen LogP contribution in [-0.4, -0.2) is 32.8 Å². The molecule has 160 valence electrons. The van der Waals surface area contributed by atoms with Crippen molar-refractivity contribution >= 4 is 34.2 Å². The predicted octanol–water partition coefficient (Wildman–Crippen LogP) is 3.91. The molecule has 1 saturated heterocycles. The average molecular weight is 447 g/mol. The second-order valence-electron chi connectivity index (χ2n) is 7.60. The van der Waals surface area contributed by atoms with Gasteiger partial charge in [0.2, 0.25) is 11.8 Å². The number of primary amides is 1. The number of hydrogen-bond acceptors (Lipinski definition) is 3. The summed E-state index contributed by atoms with van der Waals surface area (Å²) in [6.07, 6.45) is 4.91. The molecule has 0 aromatic heterocycles. The maximum atomic E-state index is 13.0. The van der Waals surface area contributed by atoms with E-state index >= 15 is 0 Å². The highest BCUT2D eigenvalue weighted by molar-refractivity contribution is 7.85. The van der Waals surface area contributed by atoms with Crippen LogP contribution >= 0.6 is 11.6 Å². The largest absolute Gasteiger partial charge is 0.370 e. The van der Waals surface area contributed by atoms with Crippen molar-refractivity contribution in [2.45, 2.75) is 48.8 Å². The van der Waals surface area contributed by atoms with E-state index in [-0.39, 0.29) is 12.3 Å². The highest BCUT2D eigenvalue weighted by atomic mass is 35.5. The lowest BCUT2D eigenvalue weighted by Crippen LogP contribution is -2.63. The van der Waals surface area contributed by atoms with Crippen molar-refractivity contribution in [3.63, 3.8) is 0 Å². The number of nitrogens with zero attached hydrogens (tertiary/aromatic N) is 1. The van der Waals surface area contributed by atoms with Crippen LogP contribution in [0.4, 0.5) is 0 Å². The first-order chi connectivity index (χ1) is 14.5. The zero-order chi connectivity index (χ0) is 21.5. The van der Waals surface area contributed by atoms with Gasteiger partial charge in [0.05, 0.1) is 16.7 Å². The summed E-state index contributed by atoms with van der Waals surface area (Å²) in [7, 11) is -1.39. The third kappa shape index (κ3) is 5.70. The molecule has 5 nitrogen and oxygen atoms in total. The quantitative estimate of drug-likeness (QED) is 0.419. The molecule has 1 aliphatic heterocycles. The first kappa shape index (κ1) is 22.5. The third-order valence-corrected chi connectivity index (χ3v) is 7.41. The Kier molecular flexibility index (Phi) is 8.05. The van der Waals surface area contributed by atoms with Gasteiger partial charge in [0.1, 0.15) is 5.37 Å². The van der Waals surface area contributed by atoms with E-state index in [0.29, 0.717) is 11.4 Å². The molecule has 0 unspecified atom stereocenters. The Balaban J connectivity index is 1.49. The van der Waals surface area contributed by atoms with E-state index in [1.807, 2.05) is 42.5 Å². The molecular formula is C23H27ClN2O3S. The first-order valence-corrected chi connectivity index (χ1v) is 11.9. The van der Waals surface area contributed by atoms with Crippen molar-refractivity contribution in [1.29, 1.82) is 0 Å². The van der Waals surface area contributed by atoms with E-state index in [9.17, 15) is 13.8 Å².